The monoisotopic (exact) mass is 331 g/mol. The van der Waals surface area contributed by atoms with Gasteiger partial charge in [0.2, 0.25) is 5.91 Å². The first-order valence-corrected chi connectivity index (χ1v) is 6.97. The summed E-state index contributed by atoms with van der Waals surface area (Å²) < 4.78 is 5.55. The van der Waals surface area contributed by atoms with Crippen LogP contribution >= 0.6 is 27.3 Å². The third-order valence-electron chi connectivity index (χ3n) is 2.23. The highest BCUT2D eigenvalue weighted by atomic mass is 79.9. The summed E-state index contributed by atoms with van der Waals surface area (Å²) in [6.45, 7) is 2.26. The molecule has 98 valence electrons. The summed E-state index contributed by atoms with van der Waals surface area (Å²) in [6, 6.07) is 3.83. The molecule has 0 aliphatic heterocycles. The van der Waals surface area contributed by atoms with E-state index in [9.17, 15) is 9.59 Å². The Hall–Kier alpha value is -1.14. The van der Waals surface area contributed by atoms with E-state index in [1.54, 1.807) is 6.08 Å². The predicted molar refractivity (Wildman–Crippen MR) is 75.3 cm³/mol. The van der Waals surface area contributed by atoms with Crippen LogP contribution in [0.1, 0.15) is 11.8 Å². The van der Waals surface area contributed by atoms with Crippen molar-refractivity contribution >= 4 is 45.2 Å². The van der Waals surface area contributed by atoms with E-state index in [0.29, 0.717) is 6.54 Å². The van der Waals surface area contributed by atoms with Crippen LogP contribution in [0.5, 0.6) is 0 Å². The number of hydrogen-bond acceptors (Lipinski definition) is 4. The van der Waals surface area contributed by atoms with Crippen LogP contribution in [0.3, 0.4) is 0 Å². The van der Waals surface area contributed by atoms with Crippen molar-refractivity contribution in [3.8, 4) is 0 Å². The fourth-order valence-corrected chi connectivity index (χ4v) is 2.57. The van der Waals surface area contributed by atoms with Crippen LogP contribution in [0.25, 0.3) is 6.08 Å². The third kappa shape index (κ3) is 4.62. The van der Waals surface area contributed by atoms with E-state index >= 15 is 0 Å². The second-order valence-corrected chi connectivity index (χ2v) is 5.90. The van der Waals surface area contributed by atoms with E-state index in [1.807, 2.05) is 19.1 Å². The van der Waals surface area contributed by atoms with E-state index in [4.69, 9.17) is 0 Å². The molecule has 1 amide bonds. The number of halogens is 1. The van der Waals surface area contributed by atoms with E-state index in [0.717, 1.165) is 8.66 Å². The minimum atomic E-state index is -0.419. The number of rotatable bonds is 5. The molecular weight excluding hydrogens is 318 g/mol. The number of ether oxygens (including phenoxy) is 1. The highest BCUT2D eigenvalue weighted by Crippen LogP contribution is 2.22. The molecule has 6 heteroatoms. The van der Waals surface area contributed by atoms with Crippen LogP contribution in [0.4, 0.5) is 0 Å². The predicted octanol–water partition coefficient (Wildman–Crippen LogP) is 2.55. The van der Waals surface area contributed by atoms with Crippen LogP contribution in [0, 0.1) is 0 Å². The topological polar surface area (TPSA) is 46.6 Å². The van der Waals surface area contributed by atoms with Gasteiger partial charge in [-0.15, -0.1) is 11.3 Å². The minimum Gasteiger partial charge on any atom is -0.468 e. The third-order valence-corrected chi connectivity index (χ3v) is 3.81. The van der Waals surface area contributed by atoms with Gasteiger partial charge >= 0.3 is 5.97 Å². The van der Waals surface area contributed by atoms with Gasteiger partial charge in [-0.1, -0.05) is 0 Å². The maximum atomic E-state index is 11.8. The highest BCUT2D eigenvalue weighted by Gasteiger charge is 2.13. The first kappa shape index (κ1) is 14.9. The van der Waals surface area contributed by atoms with E-state index in [2.05, 4.69) is 20.7 Å². The van der Waals surface area contributed by atoms with Crippen molar-refractivity contribution in [3.05, 3.63) is 26.9 Å². The van der Waals surface area contributed by atoms with Crippen LogP contribution in [0.15, 0.2) is 22.0 Å². The SMILES string of the molecule is CCN(CC(=O)OC)C(=O)C=Cc1ccc(Br)s1. The van der Waals surface area contributed by atoms with E-state index < -0.39 is 5.97 Å². The molecule has 1 aromatic heterocycles. The Morgan fingerprint density at radius 2 is 2.22 bits per heavy atom. The number of nitrogens with zero attached hydrogens (tertiary/aromatic N) is 1. The van der Waals surface area contributed by atoms with Gasteiger partial charge in [-0.05, 0) is 41.1 Å². The Balaban J connectivity index is 2.62. The number of carbonyl (C=O) groups excluding carboxylic acids is 2. The van der Waals surface area contributed by atoms with Crippen molar-refractivity contribution < 1.29 is 14.3 Å². The molecule has 0 saturated heterocycles. The van der Waals surface area contributed by atoms with Crippen molar-refractivity contribution in [1.82, 2.24) is 4.90 Å². The lowest BCUT2D eigenvalue weighted by Gasteiger charge is -2.17. The van der Waals surface area contributed by atoms with Gasteiger partial charge in [-0.25, -0.2) is 0 Å². The Morgan fingerprint density at radius 3 is 2.72 bits per heavy atom. The summed E-state index contributed by atoms with van der Waals surface area (Å²) in [4.78, 5) is 25.3. The standard InChI is InChI=1S/C12H14BrNO3S/c1-3-14(8-12(16)17-2)11(15)7-5-9-4-6-10(13)18-9/h4-7H,3,8H2,1-2H3. The average molecular weight is 332 g/mol. The molecule has 0 unspecified atom stereocenters. The maximum Gasteiger partial charge on any atom is 0.325 e. The molecule has 0 fully saturated rings. The molecule has 4 nitrogen and oxygen atoms in total. The second kappa shape index (κ2) is 7.33. The summed E-state index contributed by atoms with van der Waals surface area (Å²) in [6.07, 6.45) is 3.20. The molecule has 0 aliphatic carbocycles. The number of likely N-dealkylation sites (N-methyl/N-ethyl adjacent to an activating group) is 1. The summed E-state index contributed by atoms with van der Waals surface area (Å²) in [5, 5.41) is 0. The summed E-state index contributed by atoms with van der Waals surface area (Å²) in [5.41, 5.74) is 0. The van der Waals surface area contributed by atoms with Crippen molar-refractivity contribution in [2.45, 2.75) is 6.92 Å². The zero-order valence-electron chi connectivity index (χ0n) is 10.2. The zero-order chi connectivity index (χ0) is 13.5. The molecule has 0 radical (unpaired) electrons. The van der Waals surface area contributed by atoms with Crippen molar-refractivity contribution in [2.75, 3.05) is 20.2 Å². The molecule has 1 rings (SSSR count). The molecule has 0 aliphatic rings. The molecule has 0 atom stereocenters. The average Bonchev–Trinajstić information content (AvgIpc) is 2.78. The molecule has 0 saturated carbocycles. The van der Waals surface area contributed by atoms with Gasteiger partial charge in [0, 0.05) is 17.5 Å². The lowest BCUT2D eigenvalue weighted by atomic mass is 10.3. The van der Waals surface area contributed by atoms with Crippen molar-refractivity contribution in [1.29, 1.82) is 0 Å². The molecule has 0 N–H and O–H groups in total. The van der Waals surface area contributed by atoms with Crippen LogP contribution in [-0.4, -0.2) is 37.0 Å². The Morgan fingerprint density at radius 1 is 1.50 bits per heavy atom. The maximum absolute atomic E-state index is 11.8. The number of esters is 1. The smallest absolute Gasteiger partial charge is 0.325 e. The number of amides is 1. The number of hydrogen-bond donors (Lipinski definition) is 0. The van der Waals surface area contributed by atoms with Gasteiger partial charge in [0.1, 0.15) is 6.54 Å². The fraction of sp³-hybridized carbons (Fsp3) is 0.333. The van der Waals surface area contributed by atoms with Crippen molar-refractivity contribution in [2.24, 2.45) is 0 Å². The quantitative estimate of drug-likeness (QED) is 0.615. The Bertz CT molecular complexity index is 456. The van der Waals surface area contributed by atoms with Crippen LogP contribution < -0.4 is 0 Å². The molecule has 18 heavy (non-hydrogen) atoms. The zero-order valence-corrected chi connectivity index (χ0v) is 12.6. The van der Waals surface area contributed by atoms with Gasteiger partial charge in [-0.3, -0.25) is 9.59 Å². The lowest BCUT2D eigenvalue weighted by molar-refractivity contribution is -0.145. The second-order valence-electron chi connectivity index (χ2n) is 3.40. The normalized spacial score (nSPS) is 10.6. The first-order chi connectivity index (χ1) is 8.56. The molecule has 0 spiro atoms. The summed E-state index contributed by atoms with van der Waals surface area (Å²) in [5.74, 6) is -0.620. The number of thiophene rings is 1. The van der Waals surface area contributed by atoms with Crippen molar-refractivity contribution in [3.63, 3.8) is 0 Å². The first-order valence-electron chi connectivity index (χ1n) is 5.36. The molecule has 0 aromatic carbocycles. The molecule has 1 heterocycles. The largest absolute Gasteiger partial charge is 0.468 e. The van der Waals surface area contributed by atoms with Crippen LogP contribution in [-0.2, 0) is 14.3 Å². The van der Waals surface area contributed by atoms with Crippen LogP contribution in [0.2, 0.25) is 0 Å². The minimum absolute atomic E-state index is 0.0235. The van der Waals surface area contributed by atoms with Gasteiger partial charge in [-0.2, -0.15) is 0 Å². The van der Waals surface area contributed by atoms with Gasteiger partial charge in [0.15, 0.2) is 0 Å². The summed E-state index contributed by atoms with van der Waals surface area (Å²) in [7, 11) is 1.31. The highest BCUT2D eigenvalue weighted by molar-refractivity contribution is 9.11. The molecular formula is C12H14BrNO3S. The molecule has 0 bridgehead atoms. The molecule has 1 aromatic rings. The van der Waals surface area contributed by atoms with E-state index in [1.165, 1.54) is 29.4 Å². The number of methoxy groups -OCH3 is 1. The summed E-state index contributed by atoms with van der Waals surface area (Å²) >= 11 is 4.89. The number of carbonyl (C=O) groups is 2. The lowest BCUT2D eigenvalue weighted by Crippen LogP contribution is -2.34. The van der Waals surface area contributed by atoms with Gasteiger partial charge in [0.25, 0.3) is 0 Å². The Labute approximate surface area is 118 Å². The fourth-order valence-electron chi connectivity index (χ4n) is 1.24. The van der Waals surface area contributed by atoms with Gasteiger partial charge < -0.3 is 9.64 Å². The Kier molecular flexibility index (Phi) is 6.07. The van der Waals surface area contributed by atoms with E-state index in [-0.39, 0.29) is 12.5 Å². The van der Waals surface area contributed by atoms with Gasteiger partial charge in [0.05, 0.1) is 10.9 Å².